The van der Waals surface area contributed by atoms with E-state index in [4.69, 9.17) is 4.74 Å². The molecule has 2 heteroatoms. The van der Waals surface area contributed by atoms with Crippen molar-refractivity contribution in [3.05, 3.63) is 28.8 Å². The number of hydrogen-bond donors (Lipinski definition) is 1. The number of hydrogen-bond acceptors (Lipinski definition) is 2. The van der Waals surface area contributed by atoms with E-state index in [9.17, 15) is 0 Å². The molecule has 0 amide bonds. The second-order valence-corrected chi connectivity index (χ2v) is 5.25. The Morgan fingerprint density at radius 1 is 1.24 bits per heavy atom. The lowest BCUT2D eigenvalue weighted by Gasteiger charge is -2.38. The third-order valence-electron chi connectivity index (χ3n) is 4.52. The zero-order valence-electron chi connectivity index (χ0n) is 10.8. The average molecular weight is 231 g/mol. The predicted octanol–water partition coefficient (Wildman–Crippen LogP) is 2.65. The van der Waals surface area contributed by atoms with Crippen molar-refractivity contribution in [1.82, 2.24) is 5.32 Å². The molecule has 0 heterocycles. The lowest BCUT2D eigenvalue weighted by atomic mass is 9.71. The number of likely N-dealkylation sites (N-methyl/N-ethyl adjacent to an activating group) is 1. The zero-order valence-corrected chi connectivity index (χ0v) is 10.8. The van der Waals surface area contributed by atoms with E-state index in [2.05, 4.69) is 24.5 Å². The number of benzene rings is 1. The fraction of sp³-hybridized carbons (Fsp3) is 0.600. The molecule has 1 N–H and O–H groups in total. The molecular formula is C15H21NO. The van der Waals surface area contributed by atoms with Crippen LogP contribution >= 0.6 is 0 Å². The molecule has 0 unspecified atom stereocenters. The Morgan fingerprint density at radius 3 is 2.88 bits per heavy atom. The molecule has 2 atom stereocenters. The van der Waals surface area contributed by atoms with Gasteiger partial charge in [-0.15, -0.1) is 0 Å². The molecule has 2 nitrogen and oxygen atoms in total. The molecule has 1 aromatic carbocycles. The molecule has 0 radical (unpaired) electrons. The summed E-state index contributed by atoms with van der Waals surface area (Å²) < 4.78 is 5.53. The van der Waals surface area contributed by atoms with E-state index < -0.39 is 0 Å². The topological polar surface area (TPSA) is 21.3 Å². The SMILES string of the molecule is CN[C@@H]1CCc2ccc(OC)c3c2[C@H]1CCC3. The van der Waals surface area contributed by atoms with Gasteiger partial charge in [0.15, 0.2) is 0 Å². The summed E-state index contributed by atoms with van der Waals surface area (Å²) in [4.78, 5) is 0. The van der Waals surface area contributed by atoms with Crippen molar-refractivity contribution in [2.45, 2.75) is 44.1 Å². The van der Waals surface area contributed by atoms with Gasteiger partial charge in [0.05, 0.1) is 7.11 Å². The Hall–Kier alpha value is -1.02. The Kier molecular flexibility index (Phi) is 2.83. The molecule has 0 fully saturated rings. The fourth-order valence-electron chi connectivity index (χ4n) is 3.73. The highest BCUT2D eigenvalue weighted by Gasteiger charge is 2.33. The van der Waals surface area contributed by atoms with Gasteiger partial charge >= 0.3 is 0 Å². The van der Waals surface area contributed by atoms with Crippen molar-refractivity contribution in [3.63, 3.8) is 0 Å². The Labute approximate surface area is 103 Å². The van der Waals surface area contributed by atoms with E-state index in [-0.39, 0.29) is 0 Å². The van der Waals surface area contributed by atoms with Crippen LogP contribution in [0.4, 0.5) is 0 Å². The van der Waals surface area contributed by atoms with Crippen LogP contribution in [-0.4, -0.2) is 20.2 Å². The molecule has 3 rings (SSSR count). The van der Waals surface area contributed by atoms with E-state index in [0.717, 1.165) is 5.75 Å². The molecule has 0 bridgehead atoms. The van der Waals surface area contributed by atoms with Gasteiger partial charge in [-0.1, -0.05) is 6.07 Å². The molecule has 0 aromatic heterocycles. The van der Waals surface area contributed by atoms with Crippen molar-refractivity contribution >= 4 is 0 Å². The summed E-state index contributed by atoms with van der Waals surface area (Å²) in [6.07, 6.45) is 6.32. The maximum atomic E-state index is 5.53. The van der Waals surface area contributed by atoms with Crippen LogP contribution in [0.1, 0.15) is 41.9 Å². The molecule has 0 spiro atoms. The lowest BCUT2D eigenvalue weighted by molar-refractivity contribution is 0.358. The van der Waals surface area contributed by atoms with Gasteiger partial charge in [-0.25, -0.2) is 0 Å². The quantitative estimate of drug-likeness (QED) is 0.845. The van der Waals surface area contributed by atoms with Crippen LogP contribution in [0.3, 0.4) is 0 Å². The molecular weight excluding hydrogens is 210 g/mol. The minimum atomic E-state index is 0.661. The first-order valence-corrected chi connectivity index (χ1v) is 6.71. The first-order valence-electron chi connectivity index (χ1n) is 6.71. The van der Waals surface area contributed by atoms with Crippen LogP contribution in [0.25, 0.3) is 0 Å². The van der Waals surface area contributed by atoms with Crippen molar-refractivity contribution in [2.75, 3.05) is 14.2 Å². The van der Waals surface area contributed by atoms with E-state index in [1.807, 2.05) is 0 Å². The summed E-state index contributed by atoms with van der Waals surface area (Å²) in [7, 11) is 3.89. The molecule has 0 saturated heterocycles. The van der Waals surface area contributed by atoms with Crippen molar-refractivity contribution in [1.29, 1.82) is 0 Å². The number of aryl methyl sites for hydroxylation is 1. The summed E-state index contributed by atoms with van der Waals surface area (Å²) >= 11 is 0. The summed E-state index contributed by atoms with van der Waals surface area (Å²) in [5, 5.41) is 3.50. The second-order valence-electron chi connectivity index (χ2n) is 5.25. The molecule has 0 aliphatic heterocycles. The summed E-state index contributed by atoms with van der Waals surface area (Å²) in [5.41, 5.74) is 4.67. The Morgan fingerprint density at radius 2 is 2.12 bits per heavy atom. The van der Waals surface area contributed by atoms with Gasteiger partial charge in [-0.3, -0.25) is 0 Å². The predicted molar refractivity (Wildman–Crippen MR) is 69.8 cm³/mol. The highest BCUT2D eigenvalue weighted by molar-refractivity contribution is 5.50. The molecule has 0 saturated carbocycles. The summed E-state index contributed by atoms with van der Waals surface area (Å²) in [6.45, 7) is 0. The van der Waals surface area contributed by atoms with Gasteiger partial charge in [0.25, 0.3) is 0 Å². The van der Waals surface area contributed by atoms with Crippen LogP contribution in [0.15, 0.2) is 12.1 Å². The van der Waals surface area contributed by atoms with Gasteiger partial charge in [0, 0.05) is 6.04 Å². The van der Waals surface area contributed by atoms with Gasteiger partial charge in [-0.05, 0) is 67.8 Å². The zero-order chi connectivity index (χ0) is 11.8. The normalized spacial score (nSPS) is 26.5. The molecule has 1 aromatic rings. The molecule has 92 valence electrons. The standard InChI is InChI=1S/C15H21NO/c1-16-13-8-6-10-7-9-14(17-2)12-5-3-4-11(13)15(10)12/h7,9,11,13,16H,3-6,8H2,1-2H3/t11-,13+/m0/s1. The smallest absolute Gasteiger partial charge is 0.122 e. The largest absolute Gasteiger partial charge is 0.496 e. The van der Waals surface area contributed by atoms with Crippen LogP contribution in [0, 0.1) is 0 Å². The van der Waals surface area contributed by atoms with Crippen LogP contribution < -0.4 is 10.1 Å². The number of nitrogens with one attached hydrogen (secondary N) is 1. The van der Waals surface area contributed by atoms with Crippen molar-refractivity contribution in [3.8, 4) is 5.75 Å². The average Bonchev–Trinajstić information content (AvgIpc) is 2.40. The molecule has 17 heavy (non-hydrogen) atoms. The van der Waals surface area contributed by atoms with Crippen LogP contribution in [0.2, 0.25) is 0 Å². The van der Waals surface area contributed by atoms with Crippen LogP contribution in [-0.2, 0) is 12.8 Å². The monoisotopic (exact) mass is 231 g/mol. The first kappa shape index (κ1) is 11.1. The maximum Gasteiger partial charge on any atom is 0.122 e. The highest BCUT2D eigenvalue weighted by atomic mass is 16.5. The van der Waals surface area contributed by atoms with Gasteiger partial charge < -0.3 is 10.1 Å². The first-order chi connectivity index (χ1) is 8.35. The van der Waals surface area contributed by atoms with Gasteiger partial charge in [0.1, 0.15) is 5.75 Å². The number of rotatable bonds is 2. The molecule has 2 aliphatic carbocycles. The summed E-state index contributed by atoms with van der Waals surface area (Å²) in [5.74, 6) is 1.81. The maximum absolute atomic E-state index is 5.53. The van der Waals surface area contributed by atoms with Crippen molar-refractivity contribution in [2.24, 2.45) is 0 Å². The minimum absolute atomic E-state index is 0.661. The highest BCUT2D eigenvalue weighted by Crippen LogP contribution is 2.44. The van der Waals surface area contributed by atoms with Gasteiger partial charge in [0.2, 0.25) is 0 Å². The summed E-state index contributed by atoms with van der Waals surface area (Å²) in [6, 6.07) is 5.10. The minimum Gasteiger partial charge on any atom is -0.496 e. The van der Waals surface area contributed by atoms with Gasteiger partial charge in [-0.2, -0.15) is 0 Å². The van der Waals surface area contributed by atoms with E-state index in [0.29, 0.717) is 12.0 Å². The van der Waals surface area contributed by atoms with Crippen molar-refractivity contribution < 1.29 is 4.74 Å². The molecule has 2 aliphatic rings. The Bertz CT molecular complexity index is 427. The van der Waals surface area contributed by atoms with E-state index in [1.165, 1.54) is 37.7 Å². The second kappa shape index (κ2) is 4.34. The number of methoxy groups -OCH3 is 1. The third-order valence-corrected chi connectivity index (χ3v) is 4.52. The Balaban J connectivity index is 2.12. The number of ether oxygens (including phenoxy) is 1. The van der Waals surface area contributed by atoms with E-state index in [1.54, 1.807) is 18.2 Å². The lowest BCUT2D eigenvalue weighted by Crippen LogP contribution is -2.38. The van der Waals surface area contributed by atoms with E-state index >= 15 is 0 Å². The third kappa shape index (κ3) is 1.66. The van der Waals surface area contributed by atoms with Crippen LogP contribution in [0.5, 0.6) is 5.75 Å². The fourth-order valence-corrected chi connectivity index (χ4v) is 3.73.